The van der Waals surface area contributed by atoms with E-state index in [1.165, 1.54) is 0 Å². The molecule has 20 heavy (non-hydrogen) atoms. The van der Waals surface area contributed by atoms with Gasteiger partial charge < -0.3 is 10.4 Å². The summed E-state index contributed by atoms with van der Waals surface area (Å²) in [5.74, 6) is -2.97. The molecule has 0 radical (unpaired) electrons. The predicted molar refractivity (Wildman–Crippen MR) is 71.2 cm³/mol. The fourth-order valence-corrected chi connectivity index (χ4v) is 1.99. The number of rotatable bonds is 3. The second-order valence-corrected chi connectivity index (χ2v) is 4.67. The lowest BCUT2D eigenvalue weighted by Crippen LogP contribution is -2.10. The quantitative estimate of drug-likeness (QED) is 0.879. The highest BCUT2D eigenvalue weighted by molar-refractivity contribution is 5.50. The number of benzene rings is 2. The van der Waals surface area contributed by atoms with Crippen LogP contribution in [0.1, 0.15) is 24.1 Å². The van der Waals surface area contributed by atoms with Gasteiger partial charge in [0.1, 0.15) is 17.3 Å². The molecule has 1 atom stereocenters. The third-order valence-corrected chi connectivity index (χ3v) is 3.02. The highest BCUT2D eigenvalue weighted by Crippen LogP contribution is 2.30. The van der Waals surface area contributed by atoms with Crippen LogP contribution in [0.5, 0.6) is 5.75 Å². The van der Waals surface area contributed by atoms with Gasteiger partial charge in [-0.3, -0.25) is 0 Å². The Morgan fingerprint density at radius 2 is 1.65 bits per heavy atom. The van der Waals surface area contributed by atoms with Gasteiger partial charge in [0.05, 0.1) is 6.04 Å². The number of aryl methyl sites for hydroxylation is 1. The lowest BCUT2D eigenvalue weighted by Gasteiger charge is -2.18. The minimum atomic E-state index is -1.01. The summed E-state index contributed by atoms with van der Waals surface area (Å²) in [6, 6.07) is 5.68. The van der Waals surface area contributed by atoms with Crippen molar-refractivity contribution < 1.29 is 18.3 Å². The molecule has 2 aromatic carbocycles. The average molecular weight is 281 g/mol. The van der Waals surface area contributed by atoms with Gasteiger partial charge in [-0.15, -0.1) is 0 Å². The molecule has 0 bridgehead atoms. The average Bonchev–Trinajstić information content (AvgIpc) is 2.33. The molecule has 0 spiro atoms. The Bertz CT molecular complexity index is 620. The van der Waals surface area contributed by atoms with Gasteiger partial charge >= 0.3 is 0 Å². The number of halogens is 3. The van der Waals surface area contributed by atoms with Crippen LogP contribution >= 0.6 is 0 Å². The van der Waals surface area contributed by atoms with Crippen LogP contribution in [0, 0.1) is 24.4 Å². The molecule has 0 saturated heterocycles. The summed E-state index contributed by atoms with van der Waals surface area (Å²) in [4.78, 5) is 0. The molecule has 0 saturated carbocycles. The van der Waals surface area contributed by atoms with Gasteiger partial charge in [-0.2, -0.15) is 0 Å². The normalized spacial score (nSPS) is 12.2. The Hall–Kier alpha value is -2.17. The van der Waals surface area contributed by atoms with Crippen LogP contribution in [0.3, 0.4) is 0 Å². The molecule has 0 aliphatic heterocycles. The first kappa shape index (κ1) is 14.2. The summed E-state index contributed by atoms with van der Waals surface area (Å²) >= 11 is 0. The standard InChI is InChI=1S/C15H14F3NO/c1-8-3-4-11(14(20)5-8)9(2)19-15-12(17)6-10(16)7-13(15)18/h3-7,9,19-20H,1-2H3. The Kier molecular flexibility index (Phi) is 3.88. The Labute approximate surface area is 114 Å². The van der Waals surface area contributed by atoms with Crippen molar-refractivity contribution in [3.05, 3.63) is 58.9 Å². The Morgan fingerprint density at radius 1 is 1.05 bits per heavy atom. The van der Waals surface area contributed by atoms with Crippen molar-refractivity contribution in [3.8, 4) is 5.75 Å². The molecule has 5 heteroatoms. The molecule has 2 nitrogen and oxygen atoms in total. The fraction of sp³-hybridized carbons (Fsp3) is 0.200. The monoisotopic (exact) mass is 281 g/mol. The minimum absolute atomic E-state index is 0.0351. The summed E-state index contributed by atoms with van der Waals surface area (Å²) in [6.07, 6.45) is 0. The summed E-state index contributed by atoms with van der Waals surface area (Å²) in [5, 5.41) is 12.4. The molecule has 0 aliphatic carbocycles. The Morgan fingerprint density at radius 3 is 2.20 bits per heavy atom. The number of hydrogen-bond acceptors (Lipinski definition) is 2. The van der Waals surface area contributed by atoms with Crippen molar-refractivity contribution in [1.29, 1.82) is 0 Å². The number of nitrogens with one attached hydrogen (secondary N) is 1. The van der Waals surface area contributed by atoms with Crippen molar-refractivity contribution in [2.45, 2.75) is 19.9 Å². The van der Waals surface area contributed by atoms with Crippen molar-refractivity contribution in [3.63, 3.8) is 0 Å². The Balaban J connectivity index is 2.30. The number of phenols is 1. The van der Waals surface area contributed by atoms with E-state index in [0.717, 1.165) is 5.56 Å². The van der Waals surface area contributed by atoms with Gasteiger partial charge in [0.2, 0.25) is 0 Å². The molecule has 0 amide bonds. The van der Waals surface area contributed by atoms with Crippen molar-refractivity contribution in [2.75, 3.05) is 5.32 Å². The SMILES string of the molecule is Cc1ccc(C(C)Nc2c(F)cc(F)cc2F)c(O)c1. The lowest BCUT2D eigenvalue weighted by atomic mass is 10.0. The first-order valence-corrected chi connectivity index (χ1v) is 6.09. The van der Waals surface area contributed by atoms with E-state index in [1.807, 2.05) is 6.92 Å². The van der Waals surface area contributed by atoms with Gasteiger partial charge in [0, 0.05) is 17.7 Å². The van der Waals surface area contributed by atoms with Crippen LogP contribution in [-0.2, 0) is 0 Å². The van der Waals surface area contributed by atoms with E-state index in [-0.39, 0.29) is 5.75 Å². The predicted octanol–water partition coefficient (Wildman–Crippen LogP) is 4.29. The summed E-state index contributed by atoms with van der Waals surface area (Å²) in [5.41, 5.74) is 0.954. The van der Waals surface area contributed by atoms with E-state index in [4.69, 9.17) is 0 Å². The van der Waals surface area contributed by atoms with Gasteiger partial charge in [0.15, 0.2) is 11.6 Å². The largest absolute Gasteiger partial charge is 0.508 e. The second-order valence-electron chi connectivity index (χ2n) is 4.67. The number of aromatic hydroxyl groups is 1. The third kappa shape index (κ3) is 2.87. The summed E-state index contributed by atoms with van der Waals surface area (Å²) in [7, 11) is 0. The topological polar surface area (TPSA) is 32.3 Å². The van der Waals surface area contributed by atoms with Crippen LogP contribution < -0.4 is 5.32 Å². The molecule has 2 N–H and O–H groups in total. The van der Waals surface area contributed by atoms with Gasteiger partial charge in [-0.1, -0.05) is 12.1 Å². The van der Waals surface area contributed by atoms with Crippen LogP contribution in [0.15, 0.2) is 30.3 Å². The van der Waals surface area contributed by atoms with E-state index in [1.54, 1.807) is 25.1 Å². The number of anilines is 1. The zero-order chi connectivity index (χ0) is 14.9. The van der Waals surface area contributed by atoms with Gasteiger partial charge in [-0.05, 0) is 25.5 Å². The molecule has 2 rings (SSSR count). The first-order chi connectivity index (χ1) is 9.38. The highest BCUT2D eigenvalue weighted by Gasteiger charge is 2.16. The molecule has 2 aromatic rings. The van der Waals surface area contributed by atoms with E-state index in [9.17, 15) is 18.3 Å². The molecular formula is C15H14F3NO. The van der Waals surface area contributed by atoms with Crippen LogP contribution in [0.4, 0.5) is 18.9 Å². The molecule has 0 aliphatic rings. The number of phenolic OH excluding ortho intramolecular Hbond substituents is 1. The van der Waals surface area contributed by atoms with Crippen LogP contribution in [0.25, 0.3) is 0 Å². The van der Waals surface area contributed by atoms with Gasteiger partial charge in [-0.25, -0.2) is 13.2 Å². The van der Waals surface area contributed by atoms with Crippen molar-refractivity contribution in [2.24, 2.45) is 0 Å². The molecular weight excluding hydrogens is 267 g/mol. The zero-order valence-corrected chi connectivity index (χ0v) is 11.0. The highest BCUT2D eigenvalue weighted by atomic mass is 19.1. The molecule has 0 fully saturated rings. The van der Waals surface area contributed by atoms with Gasteiger partial charge in [0.25, 0.3) is 0 Å². The van der Waals surface area contributed by atoms with Crippen molar-refractivity contribution in [1.82, 2.24) is 0 Å². The third-order valence-electron chi connectivity index (χ3n) is 3.02. The second kappa shape index (κ2) is 5.45. The number of hydrogen-bond donors (Lipinski definition) is 2. The van der Waals surface area contributed by atoms with E-state index < -0.39 is 29.2 Å². The maximum Gasteiger partial charge on any atom is 0.152 e. The lowest BCUT2D eigenvalue weighted by molar-refractivity contribution is 0.464. The molecule has 0 heterocycles. The molecule has 106 valence electrons. The van der Waals surface area contributed by atoms with E-state index in [0.29, 0.717) is 17.7 Å². The van der Waals surface area contributed by atoms with Crippen LogP contribution in [-0.4, -0.2) is 5.11 Å². The summed E-state index contributed by atoms with van der Waals surface area (Å²) in [6.45, 7) is 3.47. The fourth-order valence-electron chi connectivity index (χ4n) is 1.99. The maximum absolute atomic E-state index is 13.5. The summed E-state index contributed by atoms with van der Waals surface area (Å²) < 4.78 is 39.9. The minimum Gasteiger partial charge on any atom is -0.508 e. The maximum atomic E-state index is 13.5. The first-order valence-electron chi connectivity index (χ1n) is 6.09. The zero-order valence-electron chi connectivity index (χ0n) is 11.0. The van der Waals surface area contributed by atoms with E-state index >= 15 is 0 Å². The smallest absolute Gasteiger partial charge is 0.152 e. The van der Waals surface area contributed by atoms with Crippen molar-refractivity contribution >= 4 is 5.69 Å². The molecule has 1 unspecified atom stereocenters. The van der Waals surface area contributed by atoms with Crippen LogP contribution in [0.2, 0.25) is 0 Å². The molecule has 0 aromatic heterocycles. The van der Waals surface area contributed by atoms with E-state index in [2.05, 4.69) is 5.32 Å².